The summed E-state index contributed by atoms with van der Waals surface area (Å²) in [7, 11) is 0. The second-order valence-corrected chi connectivity index (χ2v) is 7.03. The molecular weight excluding hydrogens is 354 g/mol. The minimum Gasteiger partial charge on any atom is -0.478 e. The fourth-order valence-corrected chi connectivity index (χ4v) is 4.08. The zero-order chi connectivity index (χ0) is 18.3. The Morgan fingerprint density at radius 3 is 3.00 bits per heavy atom. The number of benzene rings is 1. The highest BCUT2D eigenvalue weighted by molar-refractivity contribution is 8.00. The van der Waals surface area contributed by atoms with Gasteiger partial charge >= 0.3 is 5.97 Å². The number of aryl methyl sites for hydroxylation is 1. The smallest absolute Gasteiger partial charge is 0.335 e. The van der Waals surface area contributed by atoms with Crippen LogP contribution in [0.1, 0.15) is 32.6 Å². The number of nitrogens with one attached hydrogen (secondary N) is 2. The third-order valence-corrected chi connectivity index (χ3v) is 5.41. The molecule has 3 N–H and O–H groups in total. The van der Waals surface area contributed by atoms with Crippen molar-refractivity contribution in [1.29, 1.82) is 0 Å². The number of hydrogen-bond donors (Lipinski definition) is 3. The summed E-state index contributed by atoms with van der Waals surface area (Å²) in [5.74, 6) is 0.994. The van der Waals surface area contributed by atoms with Gasteiger partial charge in [-0.2, -0.15) is 5.10 Å². The van der Waals surface area contributed by atoms with Gasteiger partial charge in [0.05, 0.1) is 16.6 Å². The predicted octanol–water partition coefficient (Wildman–Crippen LogP) is 3.45. The molecule has 7 nitrogen and oxygen atoms in total. The van der Waals surface area contributed by atoms with E-state index in [4.69, 9.17) is 9.52 Å². The molecule has 0 spiro atoms. The molecule has 1 atom stereocenters. The first-order valence-corrected chi connectivity index (χ1v) is 8.97. The molecule has 0 radical (unpaired) electrons. The number of H-pyrrole nitrogens is 1. The monoisotopic (exact) mass is 369 g/mol. The van der Waals surface area contributed by atoms with E-state index in [1.165, 1.54) is 17.8 Å². The molecule has 4 rings (SSSR count). The van der Waals surface area contributed by atoms with E-state index in [2.05, 4.69) is 15.5 Å². The van der Waals surface area contributed by atoms with Crippen LogP contribution in [0.4, 0.5) is 5.82 Å². The average Bonchev–Trinajstić information content (AvgIpc) is 3.20. The number of rotatable bonds is 3. The third kappa shape index (κ3) is 2.88. The van der Waals surface area contributed by atoms with Crippen LogP contribution in [0.3, 0.4) is 0 Å². The molecule has 26 heavy (non-hydrogen) atoms. The molecule has 3 heterocycles. The lowest BCUT2D eigenvalue weighted by Crippen LogP contribution is -2.12. The van der Waals surface area contributed by atoms with E-state index >= 15 is 0 Å². The molecule has 1 aliphatic rings. The number of hydrogen-bond acceptors (Lipinski definition) is 5. The maximum Gasteiger partial charge on any atom is 0.335 e. The number of amides is 1. The summed E-state index contributed by atoms with van der Waals surface area (Å²) in [5, 5.41) is 18.8. The van der Waals surface area contributed by atoms with Gasteiger partial charge in [0.15, 0.2) is 5.82 Å². The Balaban J connectivity index is 1.72. The van der Waals surface area contributed by atoms with Gasteiger partial charge in [0.2, 0.25) is 5.91 Å². The van der Waals surface area contributed by atoms with E-state index in [9.17, 15) is 9.59 Å². The number of carbonyl (C=O) groups excluding carboxylic acids is 1. The van der Waals surface area contributed by atoms with Crippen molar-refractivity contribution < 1.29 is 19.1 Å². The molecule has 0 aliphatic carbocycles. The van der Waals surface area contributed by atoms with Crippen LogP contribution in [-0.4, -0.2) is 32.9 Å². The number of carboxylic acids is 1. The molecule has 0 fully saturated rings. The van der Waals surface area contributed by atoms with E-state index in [1.807, 2.05) is 19.1 Å². The van der Waals surface area contributed by atoms with Gasteiger partial charge in [0.25, 0.3) is 0 Å². The summed E-state index contributed by atoms with van der Waals surface area (Å²) in [6.45, 7) is 1.90. The van der Waals surface area contributed by atoms with Gasteiger partial charge in [-0.05, 0) is 31.2 Å². The van der Waals surface area contributed by atoms with Crippen molar-refractivity contribution in [3.05, 3.63) is 59.0 Å². The number of furan rings is 1. The topological polar surface area (TPSA) is 108 Å². The molecule has 0 bridgehead atoms. The van der Waals surface area contributed by atoms with Crippen LogP contribution in [0.2, 0.25) is 0 Å². The molecular formula is C18H15N3O4S. The van der Waals surface area contributed by atoms with Crippen LogP contribution in [-0.2, 0) is 4.79 Å². The number of aromatic nitrogens is 2. The molecule has 8 heteroatoms. The van der Waals surface area contributed by atoms with Crippen LogP contribution in [0.25, 0.3) is 11.3 Å². The second kappa shape index (κ2) is 6.38. The van der Waals surface area contributed by atoms with Crippen molar-refractivity contribution in [2.24, 2.45) is 0 Å². The summed E-state index contributed by atoms with van der Waals surface area (Å²) in [5.41, 5.74) is 2.65. The molecule has 1 amide bonds. The first kappa shape index (κ1) is 16.5. The van der Waals surface area contributed by atoms with Crippen LogP contribution in [0.15, 0.2) is 40.8 Å². The SMILES string of the molecule is Cc1[nH]nc2c1[C@@H](c1ccc(-c3cccc(C(=O)O)c3)o1)SCC(=O)N2. The number of carboxylic acid groups (broad SMARTS) is 1. The molecule has 2 aromatic heterocycles. The minimum atomic E-state index is -0.985. The highest BCUT2D eigenvalue weighted by Crippen LogP contribution is 2.43. The van der Waals surface area contributed by atoms with Gasteiger partial charge in [0, 0.05) is 16.8 Å². The fraction of sp³-hybridized carbons (Fsp3) is 0.167. The van der Waals surface area contributed by atoms with Crippen LogP contribution in [0, 0.1) is 6.92 Å². The lowest BCUT2D eigenvalue weighted by Gasteiger charge is -2.11. The van der Waals surface area contributed by atoms with Crippen LogP contribution in [0.5, 0.6) is 0 Å². The summed E-state index contributed by atoms with van der Waals surface area (Å²) < 4.78 is 6.02. The van der Waals surface area contributed by atoms with Gasteiger partial charge in [0.1, 0.15) is 11.5 Å². The summed E-state index contributed by atoms with van der Waals surface area (Å²) in [6.07, 6.45) is 0. The largest absolute Gasteiger partial charge is 0.478 e. The van der Waals surface area contributed by atoms with E-state index in [0.29, 0.717) is 28.7 Å². The Labute approximate surface area is 152 Å². The van der Waals surface area contributed by atoms with Crippen LogP contribution >= 0.6 is 11.8 Å². The number of aromatic carboxylic acids is 1. The highest BCUT2D eigenvalue weighted by atomic mass is 32.2. The molecule has 1 aliphatic heterocycles. The van der Waals surface area contributed by atoms with Crippen molar-refractivity contribution in [1.82, 2.24) is 10.2 Å². The van der Waals surface area contributed by atoms with E-state index in [1.54, 1.807) is 18.2 Å². The third-order valence-electron chi connectivity index (χ3n) is 4.17. The quantitative estimate of drug-likeness (QED) is 0.652. The summed E-state index contributed by atoms with van der Waals surface area (Å²) in [6, 6.07) is 10.3. The maximum atomic E-state index is 11.9. The Morgan fingerprint density at radius 2 is 2.19 bits per heavy atom. The summed E-state index contributed by atoms with van der Waals surface area (Å²) >= 11 is 1.46. The minimum absolute atomic E-state index is 0.105. The fourth-order valence-electron chi connectivity index (χ4n) is 2.94. The molecule has 0 saturated heterocycles. The lowest BCUT2D eigenvalue weighted by molar-refractivity contribution is -0.113. The Morgan fingerprint density at radius 1 is 1.35 bits per heavy atom. The van der Waals surface area contributed by atoms with Gasteiger partial charge in [-0.25, -0.2) is 4.79 Å². The Kier molecular flexibility index (Phi) is 4.04. The number of anilines is 1. The molecule has 3 aromatic rings. The number of nitrogens with zero attached hydrogens (tertiary/aromatic N) is 1. The molecule has 1 aromatic carbocycles. The normalized spacial score (nSPS) is 16.7. The van der Waals surface area contributed by atoms with Crippen molar-refractivity contribution in [2.75, 3.05) is 11.1 Å². The van der Waals surface area contributed by atoms with Crippen LogP contribution < -0.4 is 5.32 Å². The first-order valence-electron chi connectivity index (χ1n) is 7.92. The molecule has 0 saturated carbocycles. The first-order chi connectivity index (χ1) is 12.5. The van der Waals surface area contributed by atoms with Crippen molar-refractivity contribution in [3.63, 3.8) is 0 Å². The molecule has 0 unspecified atom stereocenters. The van der Waals surface area contributed by atoms with E-state index < -0.39 is 5.97 Å². The maximum absolute atomic E-state index is 11.9. The number of carbonyl (C=O) groups is 2. The van der Waals surface area contributed by atoms with Gasteiger partial charge in [-0.3, -0.25) is 9.89 Å². The van der Waals surface area contributed by atoms with E-state index in [-0.39, 0.29) is 16.7 Å². The highest BCUT2D eigenvalue weighted by Gasteiger charge is 2.30. The van der Waals surface area contributed by atoms with Gasteiger partial charge in [-0.1, -0.05) is 12.1 Å². The number of thioether (sulfide) groups is 1. The predicted molar refractivity (Wildman–Crippen MR) is 97.4 cm³/mol. The molecule has 132 valence electrons. The van der Waals surface area contributed by atoms with Crippen molar-refractivity contribution >= 4 is 29.5 Å². The zero-order valence-electron chi connectivity index (χ0n) is 13.8. The lowest BCUT2D eigenvalue weighted by atomic mass is 10.1. The summed E-state index contributed by atoms with van der Waals surface area (Å²) in [4.78, 5) is 23.1. The Bertz CT molecular complexity index is 1010. The van der Waals surface area contributed by atoms with Gasteiger partial charge < -0.3 is 14.8 Å². The van der Waals surface area contributed by atoms with E-state index in [0.717, 1.165) is 11.3 Å². The standard InChI is InChI=1S/C18H15N3O4S/c1-9-15-16(26-8-14(22)19-17(15)21-20-9)13-6-5-12(25-13)10-3-2-4-11(7-10)18(23)24/h2-7,16H,8H2,1H3,(H,23,24)(H2,19,20,21,22)/t16-/m1/s1. The number of fused-ring (bicyclic) bond motifs is 1. The van der Waals surface area contributed by atoms with Crippen molar-refractivity contribution in [2.45, 2.75) is 12.2 Å². The van der Waals surface area contributed by atoms with Crippen molar-refractivity contribution in [3.8, 4) is 11.3 Å². The number of aromatic amines is 1. The second-order valence-electron chi connectivity index (χ2n) is 5.94. The van der Waals surface area contributed by atoms with Gasteiger partial charge in [-0.15, -0.1) is 11.8 Å². The zero-order valence-corrected chi connectivity index (χ0v) is 14.6. The average molecular weight is 369 g/mol. The Hall–Kier alpha value is -3.00.